The van der Waals surface area contributed by atoms with Crippen molar-refractivity contribution in [1.82, 2.24) is 15.2 Å². The topological polar surface area (TPSA) is 67.5 Å². The number of hydrogen-bond donors (Lipinski definition) is 1. The fourth-order valence-electron chi connectivity index (χ4n) is 7.32. The summed E-state index contributed by atoms with van der Waals surface area (Å²) in [7, 11) is 1.90. The molecule has 0 bridgehead atoms. The number of hydrogen-bond acceptors (Lipinski definition) is 6. The van der Waals surface area contributed by atoms with Gasteiger partial charge in [-0.05, 0) is 94.5 Å². The Bertz CT molecular complexity index is 1270. The lowest BCUT2D eigenvalue weighted by atomic mass is 9.85. The first-order valence-corrected chi connectivity index (χ1v) is 15.1. The quantitative estimate of drug-likeness (QED) is 0.435. The highest BCUT2D eigenvalue weighted by Crippen LogP contribution is 2.37. The van der Waals surface area contributed by atoms with Crippen LogP contribution in [0.15, 0.2) is 40.4 Å². The molecule has 6 nitrogen and oxygen atoms in total. The van der Waals surface area contributed by atoms with Crippen molar-refractivity contribution in [3.63, 3.8) is 0 Å². The first kappa shape index (κ1) is 27.8. The van der Waals surface area contributed by atoms with Gasteiger partial charge in [0.2, 0.25) is 0 Å². The van der Waals surface area contributed by atoms with Gasteiger partial charge in [-0.1, -0.05) is 18.9 Å². The molecule has 0 aliphatic carbocycles. The number of piperazine rings is 1. The molecule has 1 aromatic carbocycles. The van der Waals surface area contributed by atoms with E-state index in [1.807, 2.05) is 20.0 Å². The number of anilines is 1. The maximum atomic E-state index is 9.65. The van der Waals surface area contributed by atoms with Crippen LogP contribution in [0.25, 0.3) is 10.9 Å². The summed E-state index contributed by atoms with van der Waals surface area (Å²) in [5.41, 5.74) is 6.74. The van der Waals surface area contributed by atoms with Crippen LogP contribution in [-0.4, -0.2) is 67.5 Å². The zero-order valence-corrected chi connectivity index (χ0v) is 24.6. The summed E-state index contributed by atoms with van der Waals surface area (Å²) < 4.78 is 0. The van der Waals surface area contributed by atoms with Gasteiger partial charge in [0.05, 0.1) is 11.1 Å². The minimum atomic E-state index is 0.524. The first-order valence-electron chi connectivity index (χ1n) is 15.1. The molecule has 5 atom stereocenters. The largest absolute Gasteiger partial charge is 0.368 e. The van der Waals surface area contributed by atoms with Gasteiger partial charge in [0.25, 0.3) is 0 Å². The molecule has 0 amide bonds. The first-order chi connectivity index (χ1) is 18.9. The second-order valence-electron chi connectivity index (χ2n) is 12.4. The molecule has 0 radical (unpaired) electrons. The summed E-state index contributed by atoms with van der Waals surface area (Å²) in [6.45, 7) is 13.4. The SMILES string of the molecule is CCC(CCC1CC2CN(c3ccc(C#N)c4nc(C)ccc34)CC(C)N2C1)CC1=C(C=NC)C[C@H](C)NC1. The third-order valence-electron chi connectivity index (χ3n) is 9.48. The highest BCUT2D eigenvalue weighted by molar-refractivity contribution is 5.95. The van der Waals surface area contributed by atoms with Gasteiger partial charge in [0.1, 0.15) is 6.07 Å². The van der Waals surface area contributed by atoms with E-state index in [4.69, 9.17) is 4.98 Å². The van der Waals surface area contributed by atoms with Gasteiger partial charge in [-0.2, -0.15) is 5.26 Å². The van der Waals surface area contributed by atoms with Crippen molar-refractivity contribution < 1.29 is 0 Å². The lowest BCUT2D eigenvalue weighted by Crippen LogP contribution is -2.55. The standard InChI is InChI=1S/C33H46N6/c1-6-25(14-29-18-36-23(3)13-28(29)17-35-5)8-9-26-15-30-21-38(19-24(4)39(30)20-26)32-12-10-27(16-34)33-31(32)11-7-22(2)37-33/h7,10-12,17,23-26,30,36H,6,8-9,13-15,18-21H2,1-5H3/t23-,24?,25?,26?,30?/m0/s1. The van der Waals surface area contributed by atoms with Gasteiger partial charge >= 0.3 is 0 Å². The average molecular weight is 527 g/mol. The van der Waals surface area contributed by atoms with Crippen molar-refractivity contribution in [1.29, 1.82) is 5.26 Å². The van der Waals surface area contributed by atoms with Crippen molar-refractivity contribution in [3.05, 3.63) is 46.7 Å². The maximum Gasteiger partial charge on any atom is 0.101 e. The average Bonchev–Trinajstić information content (AvgIpc) is 3.35. The molecule has 0 spiro atoms. The summed E-state index contributed by atoms with van der Waals surface area (Å²) in [6.07, 6.45) is 9.60. The van der Waals surface area contributed by atoms with Gasteiger partial charge in [-0.25, -0.2) is 0 Å². The monoisotopic (exact) mass is 526 g/mol. The summed E-state index contributed by atoms with van der Waals surface area (Å²) in [5, 5.41) is 14.4. The summed E-state index contributed by atoms with van der Waals surface area (Å²) in [4.78, 5) is 14.4. The molecule has 6 heteroatoms. The molecule has 2 aromatic rings. The normalized spacial score (nSPS) is 26.8. The molecule has 4 heterocycles. The van der Waals surface area contributed by atoms with Gasteiger partial charge in [-0.3, -0.25) is 14.9 Å². The van der Waals surface area contributed by atoms with Crippen LogP contribution >= 0.6 is 0 Å². The van der Waals surface area contributed by atoms with Gasteiger partial charge in [0.15, 0.2) is 0 Å². The number of aliphatic imine (C=N–C) groups is 1. The van der Waals surface area contributed by atoms with Crippen molar-refractivity contribution in [2.75, 3.05) is 38.1 Å². The number of nitrogens with zero attached hydrogens (tertiary/aromatic N) is 5. The molecule has 2 fully saturated rings. The van der Waals surface area contributed by atoms with Crippen LogP contribution in [0.2, 0.25) is 0 Å². The van der Waals surface area contributed by atoms with Gasteiger partial charge < -0.3 is 10.2 Å². The summed E-state index contributed by atoms with van der Waals surface area (Å²) >= 11 is 0. The predicted molar refractivity (Wildman–Crippen MR) is 163 cm³/mol. The van der Waals surface area contributed by atoms with Crippen molar-refractivity contribution in [2.45, 2.75) is 84.3 Å². The smallest absolute Gasteiger partial charge is 0.101 e. The Morgan fingerprint density at radius 3 is 2.82 bits per heavy atom. The van der Waals surface area contributed by atoms with Crippen LogP contribution in [0.4, 0.5) is 5.69 Å². The molecule has 0 saturated carbocycles. The number of fused-ring (bicyclic) bond motifs is 2. The van der Waals surface area contributed by atoms with E-state index in [2.05, 4.69) is 71.4 Å². The molecular weight excluding hydrogens is 480 g/mol. The second kappa shape index (κ2) is 12.2. The Kier molecular flexibility index (Phi) is 8.69. The number of benzene rings is 1. The molecular formula is C33H46N6. The van der Waals surface area contributed by atoms with Crippen molar-refractivity contribution in [3.8, 4) is 6.07 Å². The molecule has 208 valence electrons. The number of nitriles is 1. The maximum absolute atomic E-state index is 9.65. The lowest BCUT2D eigenvalue weighted by molar-refractivity contribution is 0.163. The Morgan fingerprint density at radius 1 is 1.21 bits per heavy atom. The van der Waals surface area contributed by atoms with Crippen LogP contribution in [0.3, 0.4) is 0 Å². The molecule has 5 rings (SSSR count). The minimum absolute atomic E-state index is 0.524. The van der Waals surface area contributed by atoms with Crippen molar-refractivity contribution >= 4 is 22.8 Å². The molecule has 3 aliphatic heterocycles. The Labute approximate surface area is 235 Å². The summed E-state index contributed by atoms with van der Waals surface area (Å²) in [6, 6.07) is 12.3. The second-order valence-corrected chi connectivity index (χ2v) is 12.4. The molecule has 1 N–H and O–H groups in total. The van der Waals surface area contributed by atoms with E-state index in [0.29, 0.717) is 23.7 Å². The highest BCUT2D eigenvalue weighted by Gasteiger charge is 2.40. The predicted octanol–water partition coefficient (Wildman–Crippen LogP) is 5.89. The zero-order chi connectivity index (χ0) is 27.5. The van der Waals surface area contributed by atoms with Crippen LogP contribution in [0.1, 0.15) is 70.6 Å². The molecule has 39 heavy (non-hydrogen) atoms. The van der Waals surface area contributed by atoms with Gasteiger partial charge in [0, 0.05) is 74.3 Å². The van der Waals surface area contributed by atoms with E-state index in [9.17, 15) is 5.26 Å². The lowest BCUT2D eigenvalue weighted by Gasteiger charge is -2.43. The molecule has 3 aliphatic rings. The molecule has 4 unspecified atom stereocenters. The zero-order valence-electron chi connectivity index (χ0n) is 24.6. The third kappa shape index (κ3) is 6.05. The van der Waals surface area contributed by atoms with E-state index in [1.165, 1.54) is 49.9 Å². The van der Waals surface area contributed by atoms with E-state index in [0.717, 1.165) is 54.5 Å². The summed E-state index contributed by atoms with van der Waals surface area (Å²) in [5.74, 6) is 1.53. The van der Waals surface area contributed by atoms with Crippen molar-refractivity contribution in [2.24, 2.45) is 16.8 Å². The Balaban J connectivity index is 1.24. The van der Waals surface area contributed by atoms with Crippen LogP contribution in [-0.2, 0) is 0 Å². The van der Waals surface area contributed by atoms with Crippen LogP contribution in [0.5, 0.6) is 0 Å². The fraction of sp³-hybridized carbons (Fsp3) is 0.606. The number of aromatic nitrogens is 1. The Morgan fingerprint density at radius 2 is 2.05 bits per heavy atom. The number of aryl methyl sites for hydroxylation is 1. The number of pyridine rings is 1. The minimum Gasteiger partial charge on any atom is -0.368 e. The highest BCUT2D eigenvalue weighted by atomic mass is 15.3. The van der Waals surface area contributed by atoms with E-state index in [1.54, 1.807) is 5.57 Å². The van der Waals surface area contributed by atoms with Gasteiger partial charge in [-0.15, -0.1) is 0 Å². The molecule has 1 aromatic heterocycles. The Hall–Kier alpha value is -2.75. The molecule has 2 saturated heterocycles. The number of nitrogens with one attached hydrogen (secondary N) is 1. The number of rotatable bonds is 8. The fourth-order valence-corrected chi connectivity index (χ4v) is 7.32. The van der Waals surface area contributed by atoms with Crippen LogP contribution < -0.4 is 10.2 Å². The van der Waals surface area contributed by atoms with Crippen LogP contribution in [0, 0.1) is 30.1 Å². The third-order valence-corrected chi connectivity index (χ3v) is 9.48. The van der Waals surface area contributed by atoms with E-state index >= 15 is 0 Å². The van der Waals surface area contributed by atoms with E-state index in [-0.39, 0.29) is 0 Å². The van der Waals surface area contributed by atoms with E-state index < -0.39 is 0 Å².